The lowest BCUT2D eigenvalue weighted by Crippen LogP contribution is -2.39. The number of carbonyl (C=O) groups excluding carboxylic acids is 1. The van der Waals surface area contributed by atoms with Crippen molar-refractivity contribution in [1.29, 1.82) is 0 Å². The van der Waals surface area contributed by atoms with Gasteiger partial charge < -0.3 is 10.6 Å². The predicted molar refractivity (Wildman–Crippen MR) is 89.3 cm³/mol. The first-order valence-corrected chi connectivity index (χ1v) is 7.35. The average Bonchev–Trinajstić information content (AvgIpc) is 2.46. The smallest absolute Gasteiger partial charge is 0.272 e. The SMILES string of the molecule is CC(C)N(CCC(N)=S)C(=O)c1ccc2ccccc2n1. The molecule has 0 spiro atoms. The lowest BCUT2D eigenvalue weighted by atomic mass is 10.2. The van der Waals surface area contributed by atoms with Gasteiger partial charge in [-0.1, -0.05) is 36.5 Å². The van der Waals surface area contributed by atoms with Gasteiger partial charge in [-0.15, -0.1) is 0 Å². The molecule has 4 nitrogen and oxygen atoms in total. The van der Waals surface area contributed by atoms with Crippen LogP contribution < -0.4 is 5.73 Å². The van der Waals surface area contributed by atoms with Crippen LogP contribution in [0.3, 0.4) is 0 Å². The van der Waals surface area contributed by atoms with Crippen LogP contribution in [0.5, 0.6) is 0 Å². The quantitative estimate of drug-likeness (QED) is 0.863. The average molecular weight is 301 g/mol. The van der Waals surface area contributed by atoms with E-state index in [2.05, 4.69) is 4.98 Å². The Balaban J connectivity index is 2.27. The van der Waals surface area contributed by atoms with Gasteiger partial charge in [-0.25, -0.2) is 4.98 Å². The molecule has 21 heavy (non-hydrogen) atoms. The number of amides is 1. The number of fused-ring (bicyclic) bond motifs is 1. The first-order chi connectivity index (χ1) is 9.99. The molecule has 0 fully saturated rings. The van der Waals surface area contributed by atoms with Crippen LogP contribution in [0.4, 0.5) is 0 Å². The standard InChI is InChI=1S/C16H19N3OS/c1-11(2)19(10-9-15(17)21)16(20)14-8-7-12-5-3-4-6-13(12)18-14/h3-8,11H,9-10H2,1-2H3,(H2,17,21). The van der Waals surface area contributed by atoms with Crippen molar-refractivity contribution in [1.82, 2.24) is 9.88 Å². The molecule has 110 valence electrons. The largest absolute Gasteiger partial charge is 0.393 e. The molecule has 5 heteroatoms. The Kier molecular flexibility index (Phi) is 4.85. The van der Waals surface area contributed by atoms with Crippen LogP contribution in [-0.2, 0) is 0 Å². The van der Waals surface area contributed by atoms with Crippen molar-refractivity contribution in [3.63, 3.8) is 0 Å². The number of rotatable bonds is 5. The number of hydrogen-bond donors (Lipinski definition) is 1. The number of nitrogens with zero attached hydrogens (tertiary/aromatic N) is 2. The third-order valence-electron chi connectivity index (χ3n) is 3.30. The second-order valence-electron chi connectivity index (χ2n) is 5.20. The van der Waals surface area contributed by atoms with Crippen molar-refractivity contribution in [3.05, 3.63) is 42.1 Å². The minimum atomic E-state index is -0.0907. The monoisotopic (exact) mass is 301 g/mol. The van der Waals surface area contributed by atoms with Crippen LogP contribution in [0.25, 0.3) is 10.9 Å². The molecule has 0 aliphatic heterocycles. The molecule has 2 aromatic rings. The molecular formula is C16H19N3OS. The predicted octanol–water partition coefficient (Wildman–Crippen LogP) is 2.76. The molecule has 0 saturated heterocycles. The van der Waals surface area contributed by atoms with Crippen LogP contribution in [0.15, 0.2) is 36.4 Å². The normalized spacial score (nSPS) is 10.8. The fourth-order valence-corrected chi connectivity index (χ4v) is 2.25. The molecule has 0 saturated carbocycles. The zero-order chi connectivity index (χ0) is 15.4. The molecule has 2 rings (SSSR count). The van der Waals surface area contributed by atoms with Crippen molar-refractivity contribution < 1.29 is 4.79 Å². The van der Waals surface area contributed by atoms with Crippen molar-refractivity contribution in [2.75, 3.05) is 6.54 Å². The highest BCUT2D eigenvalue weighted by Crippen LogP contribution is 2.14. The van der Waals surface area contributed by atoms with Crippen LogP contribution >= 0.6 is 12.2 Å². The first-order valence-electron chi connectivity index (χ1n) is 6.94. The second kappa shape index (κ2) is 6.63. The fourth-order valence-electron chi connectivity index (χ4n) is 2.16. The minimum absolute atomic E-state index is 0.0696. The lowest BCUT2D eigenvalue weighted by Gasteiger charge is -2.26. The molecule has 0 atom stereocenters. The summed E-state index contributed by atoms with van der Waals surface area (Å²) in [6, 6.07) is 11.5. The summed E-state index contributed by atoms with van der Waals surface area (Å²) in [4.78, 5) is 19.2. The topological polar surface area (TPSA) is 59.2 Å². The van der Waals surface area contributed by atoms with E-state index in [-0.39, 0.29) is 11.9 Å². The molecule has 2 N–H and O–H groups in total. The van der Waals surface area contributed by atoms with Crippen LogP contribution in [0, 0.1) is 0 Å². The molecule has 1 aromatic carbocycles. The van der Waals surface area contributed by atoms with E-state index in [1.54, 1.807) is 11.0 Å². The van der Waals surface area contributed by atoms with Gasteiger partial charge in [0, 0.05) is 24.4 Å². The summed E-state index contributed by atoms with van der Waals surface area (Å²) in [6.07, 6.45) is 0.521. The van der Waals surface area contributed by atoms with Crippen LogP contribution in [0.1, 0.15) is 30.8 Å². The number of thiocarbonyl (C=S) groups is 1. The zero-order valence-corrected chi connectivity index (χ0v) is 13.1. The Morgan fingerprint density at radius 2 is 2.00 bits per heavy atom. The maximum absolute atomic E-state index is 12.6. The molecule has 1 aromatic heterocycles. The number of aromatic nitrogens is 1. The Hall–Kier alpha value is -2.01. The van der Waals surface area contributed by atoms with Crippen LogP contribution in [0.2, 0.25) is 0 Å². The number of nitrogens with two attached hydrogens (primary N) is 1. The molecule has 0 aliphatic rings. The second-order valence-corrected chi connectivity index (χ2v) is 5.72. The van der Waals surface area contributed by atoms with Gasteiger partial charge in [0.15, 0.2) is 0 Å². The summed E-state index contributed by atoms with van der Waals surface area (Å²) in [6.45, 7) is 4.46. The van der Waals surface area contributed by atoms with E-state index in [9.17, 15) is 4.79 Å². The molecular weight excluding hydrogens is 282 g/mol. The van der Waals surface area contributed by atoms with E-state index < -0.39 is 0 Å². The fraction of sp³-hybridized carbons (Fsp3) is 0.312. The van der Waals surface area contributed by atoms with Gasteiger partial charge in [0.1, 0.15) is 5.69 Å². The summed E-state index contributed by atoms with van der Waals surface area (Å²) in [5.74, 6) is -0.0907. The van der Waals surface area contributed by atoms with E-state index in [4.69, 9.17) is 18.0 Å². The number of para-hydroxylation sites is 1. The van der Waals surface area contributed by atoms with E-state index in [0.29, 0.717) is 23.6 Å². The third-order valence-corrected chi connectivity index (χ3v) is 3.50. The van der Waals surface area contributed by atoms with E-state index in [1.807, 2.05) is 44.2 Å². The highest BCUT2D eigenvalue weighted by molar-refractivity contribution is 7.80. The summed E-state index contributed by atoms with van der Waals surface area (Å²) < 4.78 is 0. The summed E-state index contributed by atoms with van der Waals surface area (Å²) in [7, 11) is 0. The number of hydrogen-bond acceptors (Lipinski definition) is 3. The maximum Gasteiger partial charge on any atom is 0.272 e. The Labute approximate surface area is 130 Å². The Morgan fingerprint density at radius 1 is 1.29 bits per heavy atom. The number of pyridine rings is 1. The maximum atomic E-state index is 12.6. The van der Waals surface area contributed by atoms with Gasteiger partial charge in [-0.2, -0.15) is 0 Å². The van der Waals surface area contributed by atoms with E-state index in [1.165, 1.54) is 0 Å². The molecule has 0 radical (unpaired) electrons. The number of benzene rings is 1. The number of carbonyl (C=O) groups is 1. The molecule has 1 heterocycles. The summed E-state index contributed by atoms with van der Waals surface area (Å²) in [5.41, 5.74) is 6.80. The lowest BCUT2D eigenvalue weighted by molar-refractivity contribution is 0.0706. The van der Waals surface area contributed by atoms with Gasteiger partial charge in [0.25, 0.3) is 5.91 Å². The summed E-state index contributed by atoms with van der Waals surface area (Å²) in [5, 5.41) is 1.02. The van der Waals surface area contributed by atoms with Crippen LogP contribution in [-0.4, -0.2) is 33.4 Å². The molecule has 0 bridgehead atoms. The Bertz CT molecular complexity index is 669. The molecule has 1 amide bonds. The molecule has 0 aliphatic carbocycles. The van der Waals surface area contributed by atoms with Gasteiger partial charge in [0.05, 0.1) is 10.5 Å². The van der Waals surface area contributed by atoms with Gasteiger partial charge in [0.2, 0.25) is 0 Å². The highest BCUT2D eigenvalue weighted by Gasteiger charge is 2.20. The van der Waals surface area contributed by atoms with E-state index >= 15 is 0 Å². The van der Waals surface area contributed by atoms with Gasteiger partial charge >= 0.3 is 0 Å². The van der Waals surface area contributed by atoms with E-state index in [0.717, 1.165) is 10.9 Å². The van der Waals surface area contributed by atoms with Crippen molar-refractivity contribution in [3.8, 4) is 0 Å². The first kappa shape index (κ1) is 15.4. The zero-order valence-electron chi connectivity index (χ0n) is 12.2. The third kappa shape index (κ3) is 3.76. The van der Waals surface area contributed by atoms with Crippen molar-refractivity contribution in [2.24, 2.45) is 5.73 Å². The van der Waals surface area contributed by atoms with Gasteiger partial charge in [-0.05, 0) is 26.0 Å². The minimum Gasteiger partial charge on any atom is -0.393 e. The molecule has 0 unspecified atom stereocenters. The summed E-state index contributed by atoms with van der Waals surface area (Å²) >= 11 is 4.89. The van der Waals surface area contributed by atoms with Crippen molar-refractivity contribution in [2.45, 2.75) is 26.3 Å². The highest BCUT2D eigenvalue weighted by atomic mass is 32.1. The Morgan fingerprint density at radius 3 is 2.67 bits per heavy atom. The van der Waals surface area contributed by atoms with Crippen molar-refractivity contribution >= 4 is 34.0 Å². The van der Waals surface area contributed by atoms with Gasteiger partial charge in [-0.3, -0.25) is 4.79 Å².